The molecule has 0 bridgehead atoms. The van der Waals surface area contributed by atoms with Gasteiger partial charge in [-0.05, 0) is 50.2 Å². The molecule has 6 heteroatoms. The number of nitrogens with zero attached hydrogens (tertiary/aromatic N) is 4. The molecule has 3 heterocycles. The lowest BCUT2D eigenvalue weighted by atomic mass is 9.91. The number of piperidine rings is 1. The van der Waals surface area contributed by atoms with E-state index in [1.54, 1.807) is 0 Å². The summed E-state index contributed by atoms with van der Waals surface area (Å²) in [5, 5.41) is 3.04. The molecule has 6 nitrogen and oxygen atoms in total. The summed E-state index contributed by atoms with van der Waals surface area (Å²) < 4.78 is 2.11. The Morgan fingerprint density at radius 1 is 1.32 bits per heavy atom. The van der Waals surface area contributed by atoms with Crippen molar-refractivity contribution in [3.63, 3.8) is 0 Å². The predicted octanol–water partition coefficient (Wildman–Crippen LogP) is 2.64. The Morgan fingerprint density at radius 2 is 2.16 bits per heavy atom. The van der Waals surface area contributed by atoms with Gasteiger partial charge < -0.3 is 14.8 Å². The lowest BCUT2D eigenvalue weighted by Crippen LogP contribution is -2.45. The maximum absolute atomic E-state index is 12.3. The van der Waals surface area contributed by atoms with E-state index in [1.807, 2.05) is 42.7 Å². The van der Waals surface area contributed by atoms with Gasteiger partial charge in [-0.25, -0.2) is 9.78 Å². The molecule has 1 fully saturated rings. The number of likely N-dealkylation sites (tertiary alicyclic amines) is 1. The molecule has 0 saturated carbocycles. The van der Waals surface area contributed by atoms with E-state index in [1.165, 1.54) is 5.56 Å². The number of nitrogens with one attached hydrogen (secondary N) is 1. The maximum Gasteiger partial charge on any atom is 0.317 e. The number of hydrogen-bond donors (Lipinski definition) is 1. The molecule has 25 heavy (non-hydrogen) atoms. The Morgan fingerprint density at radius 3 is 2.84 bits per heavy atom. The van der Waals surface area contributed by atoms with Crippen LogP contribution in [0.4, 0.5) is 4.79 Å². The monoisotopic (exact) mass is 341 g/mol. The highest BCUT2D eigenvalue weighted by molar-refractivity contribution is 5.74. The standard InChI is InChI=1S/C19H27N5O/c1-16-21-9-13-23(16)10-3-8-22-19(25)24-11-5-17(6-12-24)14-18-4-2-7-20-15-18/h2,4,7,9,13,15,17H,3,5-6,8,10-12,14H2,1H3,(H,22,25). The highest BCUT2D eigenvalue weighted by Gasteiger charge is 2.22. The van der Waals surface area contributed by atoms with Crippen LogP contribution < -0.4 is 5.32 Å². The summed E-state index contributed by atoms with van der Waals surface area (Å²) in [5.41, 5.74) is 1.29. The molecule has 2 aromatic rings. The second-order valence-electron chi connectivity index (χ2n) is 6.75. The number of pyridine rings is 1. The van der Waals surface area contributed by atoms with Crippen molar-refractivity contribution in [3.05, 3.63) is 48.3 Å². The first-order chi connectivity index (χ1) is 12.2. The molecular formula is C19H27N5O. The molecule has 3 rings (SSSR count). The Hall–Kier alpha value is -2.37. The lowest BCUT2D eigenvalue weighted by molar-refractivity contribution is 0.170. The quantitative estimate of drug-likeness (QED) is 0.822. The zero-order chi connectivity index (χ0) is 17.5. The minimum absolute atomic E-state index is 0.0715. The number of carbonyl (C=O) groups excluding carboxylic acids is 1. The summed E-state index contributed by atoms with van der Waals surface area (Å²) in [6.07, 6.45) is 11.7. The van der Waals surface area contributed by atoms with E-state index >= 15 is 0 Å². The maximum atomic E-state index is 12.3. The molecule has 0 radical (unpaired) electrons. The minimum atomic E-state index is 0.0715. The average molecular weight is 341 g/mol. The SMILES string of the molecule is Cc1nccn1CCCNC(=O)N1CCC(Cc2cccnc2)CC1. The van der Waals surface area contributed by atoms with Gasteiger partial charge in [0.15, 0.2) is 0 Å². The number of aryl methyl sites for hydroxylation is 2. The van der Waals surface area contributed by atoms with Gasteiger partial charge >= 0.3 is 6.03 Å². The first kappa shape index (κ1) is 17.5. The predicted molar refractivity (Wildman–Crippen MR) is 97.2 cm³/mol. The van der Waals surface area contributed by atoms with Crippen molar-refractivity contribution >= 4 is 6.03 Å². The molecule has 2 amide bonds. The summed E-state index contributed by atoms with van der Waals surface area (Å²) >= 11 is 0. The van der Waals surface area contributed by atoms with Crippen LogP contribution in [0.3, 0.4) is 0 Å². The van der Waals surface area contributed by atoms with Crippen molar-refractivity contribution in [2.75, 3.05) is 19.6 Å². The highest BCUT2D eigenvalue weighted by atomic mass is 16.2. The van der Waals surface area contributed by atoms with Crippen LogP contribution in [-0.2, 0) is 13.0 Å². The number of rotatable bonds is 6. The van der Waals surface area contributed by atoms with Gasteiger partial charge in [0.05, 0.1) is 0 Å². The summed E-state index contributed by atoms with van der Waals surface area (Å²) in [6, 6.07) is 4.19. The normalized spacial score (nSPS) is 15.3. The second kappa shape index (κ2) is 8.65. The van der Waals surface area contributed by atoms with Crippen molar-refractivity contribution in [3.8, 4) is 0 Å². The van der Waals surface area contributed by atoms with Gasteiger partial charge in [0.1, 0.15) is 5.82 Å². The van der Waals surface area contributed by atoms with E-state index in [0.29, 0.717) is 12.5 Å². The van der Waals surface area contributed by atoms with Crippen molar-refractivity contribution < 1.29 is 4.79 Å². The van der Waals surface area contributed by atoms with Gasteiger partial charge in [-0.2, -0.15) is 0 Å². The topological polar surface area (TPSA) is 63.1 Å². The van der Waals surface area contributed by atoms with Gasteiger partial charge in [-0.3, -0.25) is 4.98 Å². The van der Waals surface area contributed by atoms with Crippen LogP contribution in [0.25, 0.3) is 0 Å². The number of urea groups is 1. The smallest absolute Gasteiger partial charge is 0.317 e. The number of carbonyl (C=O) groups is 1. The van der Waals surface area contributed by atoms with Crippen LogP contribution >= 0.6 is 0 Å². The molecular weight excluding hydrogens is 314 g/mol. The van der Waals surface area contributed by atoms with Gasteiger partial charge in [0.25, 0.3) is 0 Å². The lowest BCUT2D eigenvalue weighted by Gasteiger charge is -2.32. The van der Waals surface area contributed by atoms with E-state index in [9.17, 15) is 4.79 Å². The number of amides is 2. The summed E-state index contributed by atoms with van der Waals surface area (Å²) in [5.74, 6) is 1.67. The molecule has 1 saturated heterocycles. The molecule has 0 aromatic carbocycles. The molecule has 0 unspecified atom stereocenters. The fourth-order valence-electron chi connectivity index (χ4n) is 3.39. The summed E-state index contributed by atoms with van der Waals surface area (Å²) in [6.45, 7) is 5.27. The zero-order valence-electron chi connectivity index (χ0n) is 14.9. The van der Waals surface area contributed by atoms with E-state index in [0.717, 1.165) is 51.1 Å². The van der Waals surface area contributed by atoms with Crippen LogP contribution in [0, 0.1) is 12.8 Å². The summed E-state index contributed by atoms with van der Waals surface area (Å²) in [7, 11) is 0. The molecule has 134 valence electrons. The fraction of sp³-hybridized carbons (Fsp3) is 0.526. The number of hydrogen-bond acceptors (Lipinski definition) is 3. The molecule has 1 N–H and O–H groups in total. The van der Waals surface area contributed by atoms with Gasteiger partial charge in [0, 0.05) is 51.0 Å². The van der Waals surface area contributed by atoms with Crippen molar-refractivity contribution in [2.45, 2.75) is 39.2 Å². The van der Waals surface area contributed by atoms with E-state index in [2.05, 4.69) is 25.9 Å². The Bertz CT molecular complexity index is 661. The van der Waals surface area contributed by atoms with Crippen LogP contribution in [0.5, 0.6) is 0 Å². The average Bonchev–Trinajstić information content (AvgIpc) is 3.05. The van der Waals surface area contributed by atoms with E-state index in [4.69, 9.17) is 0 Å². The Balaban J connectivity index is 1.33. The van der Waals surface area contributed by atoms with Gasteiger partial charge in [-0.1, -0.05) is 6.07 Å². The van der Waals surface area contributed by atoms with Crippen molar-refractivity contribution in [1.82, 2.24) is 24.8 Å². The van der Waals surface area contributed by atoms with E-state index in [-0.39, 0.29) is 6.03 Å². The number of aromatic nitrogens is 3. The van der Waals surface area contributed by atoms with Crippen LogP contribution in [0.2, 0.25) is 0 Å². The molecule has 2 aromatic heterocycles. The van der Waals surface area contributed by atoms with Crippen molar-refractivity contribution in [1.29, 1.82) is 0 Å². The van der Waals surface area contributed by atoms with Gasteiger partial charge in [0.2, 0.25) is 0 Å². The Labute approximate surface area is 149 Å². The number of imidazole rings is 1. The first-order valence-corrected chi connectivity index (χ1v) is 9.12. The molecule has 1 aliphatic rings. The molecule has 0 spiro atoms. The third kappa shape index (κ3) is 5.05. The molecule has 1 aliphatic heterocycles. The van der Waals surface area contributed by atoms with E-state index < -0.39 is 0 Å². The highest BCUT2D eigenvalue weighted by Crippen LogP contribution is 2.21. The minimum Gasteiger partial charge on any atom is -0.338 e. The molecule has 0 atom stereocenters. The largest absolute Gasteiger partial charge is 0.338 e. The second-order valence-corrected chi connectivity index (χ2v) is 6.75. The third-order valence-corrected chi connectivity index (χ3v) is 4.92. The first-order valence-electron chi connectivity index (χ1n) is 9.12. The van der Waals surface area contributed by atoms with Crippen LogP contribution in [0.1, 0.15) is 30.7 Å². The summed E-state index contributed by atoms with van der Waals surface area (Å²) in [4.78, 5) is 22.6. The fourth-order valence-corrected chi connectivity index (χ4v) is 3.39. The van der Waals surface area contributed by atoms with Crippen molar-refractivity contribution in [2.24, 2.45) is 5.92 Å². The van der Waals surface area contributed by atoms with Crippen LogP contribution in [-0.4, -0.2) is 45.1 Å². The third-order valence-electron chi connectivity index (χ3n) is 4.92. The Kier molecular flexibility index (Phi) is 6.04. The zero-order valence-corrected chi connectivity index (χ0v) is 14.9. The van der Waals surface area contributed by atoms with Gasteiger partial charge in [-0.15, -0.1) is 0 Å². The van der Waals surface area contributed by atoms with Crippen LogP contribution in [0.15, 0.2) is 36.9 Å². The molecule has 0 aliphatic carbocycles.